The van der Waals surface area contributed by atoms with Gasteiger partial charge in [0, 0.05) is 23.1 Å². The van der Waals surface area contributed by atoms with Gasteiger partial charge < -0.3 is 4.74 Å². The van der Waals surface area contributed by atoms with Gasteiger partial charge in [-0.1, -0.05) is 30.3 Å². The number of hydrogen-bond acceptors (Lipinski definition) is 7. The van der Waals surface area contributed by atoms with Crippen LogP contribution in [0, 0.1) is 10.1 Å². The summed E-state index contributed by atoms with van der Waals surface area (Å²) in [5, 5.41) is 15.5. The standard InChI is InChI=1S/C19H15N3O5S/c1-12(27-18(24)14-7-9-15(10-8-14)22(25)26)17(23)21-19-20-16(11-28-19)13-5-3-2-4-6-13/h2-12H,1H3,(H,20,21,23)/t12-/m1/s1. The largest absolute Gasteiger partial charge is 0.449 e. The van der Waals surface area contributed by atoms with Crippen LogP contribution in [0.2, 0.25) is 0 Å². The lowest BCUT2D eigenvalue weighted by molar-refractivity contribution is -0.384. The summed E-state index contributed by atoms with van der Waals surface area (Å²) in [5.41, 5.74) is 1.64. The average molecular weight is 397 g/mol. The van der Waals surface area contributed by atoms with E-state index < -0.39 is 22.9 Å². The van der Waals surface area contributed by atoms with Gasteiger partial charge in [-0.3, -0.25) is 20.2 Å². The number of carbonyl (C=O) groups excluding carboxylic acids is 2. The van der Waals surface area contributed by atoms with E-state index in [4.69, 9.17) is 4.74 Å². The minimum Gasteiger partial charge on any atom is -0.449 e. The molecule has 28 heavy (non-hydrogen) atoms. The molecule has 1 heterocycles. The normalized spacial score (nSPS) is 11.5. The minimum absolute atomic E-state index is 0.117. The van der Waals surface area contributed by atoms with E-state index >= 15 is 0 Å². The number of nitrogens with one attached hydrogen (secondary N) is 1. The molecule has 0 aliphatic rings. The number of rotatable bonds is 6. The molecule has 0 radical (unpaired) electrons. The molecule has 0 aliphatic carbocycles. The zero-order valence-corrected chi connectivity index (χ0v) is 15.5. The maximum atomic E-state index is 12.3. The maximum Gasteiger partial charge on any atom is 0.338 e. The van der Waals surface area contributed by atoms with E-state index in [1.165, 1.54) is 42.5 Å². The molecule has 0 saturated heterocycles. The van der Waals surface area contributed by atoms with Crippen molar-refractivity contribution in [3.8, 4) is 11.3 Å². The van der Waals surface area contributed by atoms with Crippen LogP contribution in [0.4, 0.5) is 10.8 Å². The summed E-state index contributed by atoms with van der Waals surface area (Å²) in [7, 11) is 0. The van der Waals surface area contributed by atoms with Crippen LogP contribution in [0.1, 0.15) is 17.3 Å². The molecule has 2 aromatic carbocycles. The first kappa shape index (κ1) is 19.2. The Morgan fingerprint density at radius 3 is 2.46 bits per heavy atom. The number of benzene rings is 2. The van der Waals surface area contributed by atoms with Gasteiger partial charge >= 0.3 is 5.97 Å². The van der Waals surface area contributed by atoms with E-state index in [1.807, 2.05) is 35.7 Å². The number of hydrogen-bond donors (Lipinski definition) is 1. The fourth-order valence-corrected chi connectivity index (χ4v) is 3.00. The van der Waals surface area contributed by atoms with E-state index in [2.05, 4.69) is 10.3 Å². The third kappa shape index (κ3) is 4.57. The molecule has 0 fully saturated rings. The fourth-order valence-electron chi connectivity index (χ4n) is 2.28. The van der Waals surface area contributed by atoms with Crippen molar-refractivity contribution in [2.24, 2.45) is 0 Å². The van der Waals surface area contributed by atoms with Gasteiger partial charge in [0.05, 0.1) is 16.2 Å². The lowest BCUT2D eigenvalue weighted by atomic mass is 10.2. The highest BCUT2D eigenvalue weighted by molar-refractivity contribution is 7.14. The van der Waals surface area contributed by atoms with Gasteiger partial charge in [0.1, 0.15) is 0 Å². The Balaban J connectivity index is 1.59. The van der Waals surface area contributed by atoms with Gasteiger partial charge in [-0.05, 0) is 19.1 Å². The number of thiazole rings is 1. The Morgan fingerprint density at radius 1 is 1.14 bits per heavy atom. The Bertz CT molecular complexity index is 1000. The van der Waals surface area contributed by atoms with Crippen molar-refractivity contribution in [1.29, 1.82) is 0 Å². The molecule has 0 saturated carbocycles. The molecule has 3 aromatic rings. The van der Waals surface area contributed by atoms with Crippen LogP contribution in [0.15, 0.2) is 60.0 Å². The molecule has 1 N–H and O–H groups in total. The number of nitrogens with zero attached hydrogens (tertiary/aromatic N) is 2. The lowest BCUT2D eigenvalue weighted by Gasteiger charge is -2.12. The summed E-state index contributed by atoms with van der Waals surface area (Å²) < 4.78 is 5.12. The first-order valence-corrected chi connectivity index (χ1v) is 9.09. The van der Waals surface area contributed by atoms with Gasteiger partial charge in [-0.15, -0.1) is 11.3 Å². The highest BCUT2D eigenvalue weighted by Crippen LogP contribution is 2.24. The van der Waals surface area contributed by atoms with E-state index in [1.54, 1.807) is 0 Å². The Labute approximate surface area is 164 Å². The second kappa shape index (κ2) is 8.40. The van der Waals surface area contributed by atoms with Crippen LogP contribution >= 0.6 is 11.3 Å². The summed E-state index contributed by atoms with van der Waals surface area (Å²) in [6, 6.07) is 14.5. The molecule has 1 amide bonds. The van der Waals surface area contributed by atoms with E-state index in [0.717, 1.165) is 11.3 Å². The molecule has 0 bridgehead atoms. The summed E-state index contributed by atoms with van der Waals surface area (Å²) >= 11 is 1.26. The maximum absolute atomic E-state index is 12.3. The number of non-ortho nitro benzene ring substituents is 1. The summed E-state index contributed by atoms with van der Waals surface area (Å²) in [6.45, 7) is 1.43. The van der Waals surface area contributed by atoms with Crippen molar-refractivity contribution >= 4 is 34.0 Å². The first-order chi connectivity index (χ1) is 13.4. The summed E-state index contributed by atoms with van der Waals surface area (Å²) in [4.78, 5) is 38.8. The first-order valence-electron chi connectivity index (χ1n) is 8.21. The van der Waals surface area contributed by atoms with Crippen molar-refractivity contribution in [2.75, 3.05) is 5.32 Å². The quantitative estimate of drug-likeness (QED) is 0.383. The number of esters is 1. The molecule has 3 rings (SSSR count). The summed E-state index contributed by atoms with van der Waals surface area (Å²) in [5.74, 6) is -1.27. The SMILES string of the molecule is C[C@@H](OC(=O)c1ccc([N+](=O)[O-])cc1)C(=O)Nc1nc(-c2ccccc2)cs1. The van der Waals surface area contributed by atoms with E-state index in [-0.39, 0.29) is 11.3 Å². The number of amides is 1. The van der Waals surface area contributed by atoms with Crippen LogP contribution in [0.3, 0.4) is 0 Å². The molecular formula is C19H15N3O5S. The van der Waals surface area contributed by atoms with Crippen LogP contribution in [-0.4, -0.2) is 27.9 Å². The predicted octanol–water partition coefficient (Wildman–Crippen LogP) is 3.90. The van der Waals surface area contributed by atoms with Crippen molar-refractivity contribution in [3.05, 3.63) is 75.7 Å². The van der Waals surface area contributed by atoms with Crippen LogP contribution in [0.25, 0.3) is 11.3 Å². The molecule has 0 unspecified atom stereocenters. The van der Waals surface area contributed by atoms with Crippen LogP contribution in [-0.2, 0) is 9.53 Å². The molecule has 142 valence electrons. The Kier molecular flexibility index (Phi) is 5.75. The molecule has 1 atom stereocenters. The van der Waals surface area contributed by atoms with Crippen LogP contribution in [0.5, 0.6) is 0 Å². The number of nitro benzene ring substituents is 1. The molecule has 9 heteroatoms. The number of carbonyl (C=O) groups is 2. The molecule has 1 aromatic heterocycles. The second-order valence-corrected chi connectivity index (χ2v) is 6.60. The van der Waals surface area contributed by atoms with Gasteiger partial charge in [-0.25, -0.2) is 9.78 Å². The third-order valence-corrected chi connectivity index (χ3v) is 4.53. The van der Waals surface area contributed by atoms with Gasteiger partial charge in [0.15, 0.2) is 11.2 Å². The smallest absolute Gasteiger partial charge is 0.338 e. The van der Waals surface area contributed by atoms with Crippen LogP contribution < -0.4 is 5.32 Å². The number of aromatic nitrogens is 1. The number of nitro groups is 1. The highest BCUT2D eigenvalue weighted by Gasteiger charge is 2.20. The highest BCUT2D eigenvalue weighted by atomic mass is 32.1. The van der Waals surface area contributed by atoms with Crippen molar-refractivity contribution < 1.29 is 19.2 Å². The average Bonchev–Trinajstić information content (AvgIpc) is 3.17. The topological polar surface area (TPSA) is 111 Å². The van der Waals surface area contributed by atoms with Gasteiger partial charge in [-0.2, -0.15) is 0 Å². The summed E-state index contributed by atoms with van der Waals surface area (Å²) in [6.07, 6.45) is -1.06. The zero-order valence-electron chi connectivity index (χ0n) is 14.7. The van der Waals surface area contributed by atoms with Crippen molar-refractivity contribution in [2.45, 2.75) is 13.0 Å². The van der Waals surface area contributed by atoms with E-state index in [0.29, 0.717) is 5.13 Å². The van der Waals surface area contributed by atoms with Crippen molar-refractivity contribution in [1.82, 2.24) is 4.98 Å². The lowest BCUT2D eigenvalue weighted by Crippen LogP contribution is -2.29. The molecule has 8 nitrogen and oxygen atoms in total. The number of anilines is 1. The Hall–Kier alpha value is -3.59. The predicted molar refractivity (Wildman–Crippen MR) is 104 cm³/mol. The van der Waals surface area contributed by atoms with E-state index in [9.17, 15) is 19.7 Å². The molecule has 0 aliphatic heterocycles. The second-order valence-electron chi connectivity index (χ2n) is 5.74. The Morgan fingerprint density at radius 2 is 1.82 bits per heavy atom. The van der Waals surface area contributed by atoms with Crippen molar-refractivity contribution in [3.63, 3.8) is 0 Å². The third-order valence-electron chi connectivity index (χ3n) is 3.77. The minimum atomic E-state index is -1.06. The molecular weight excluding hydrogens is 382 g/mol. The monoisotopic (exact) mass is 397 g/mol. The van der Waals surface area contributed by atoms with Gasteiger partial charge in [0.25, 0.3) is 11.6 Å². The number of ether oxygens (including phenoxy) is 1. The van der Waals surface area contributed by atoms with Gasteiger partial charge in [0.2, 0.25) is 0 Å². The fraction of sp³-hybridized carbons (Fsp3) is 0.105. The molecule has 0 spiro atoms. The zero-order chi connectivity index (χ0) is 20.1.